The van der Waals surface area contributed by atoms with Crippen LogP contribution >= 0.6 is 27.7 Å². The van der Waals surface area contributed by atoms with Crippen LogP contribution in [-0.2, 0) is 22.7 Å². The van der Waals surface area contributed by atoms with Crippen LogP contribution in [0.1, 0.15) is 25.0 Å². The number of carbonyl (C=O) groups excluding carboxylic acids is 1. The first-order valence-electron chi connectivity index (χ1n) is 10.7. The molecule has 0 saturated carbocycles. The molecule has 0 aliphatic carbocycles. The molecule has 1 amide bonds. The quantitative estimate of drug-likeness (QED) is 0.281. The largest absolute Gasteiger partial charge is 0.480 e. The summed E-state index contributed by atoms with van der Waals surface area (Å²) in [5, 5.41) is 15.9. The van der Waals surface area contributed by atoms with Gasteiger partial charge in [-0.2, -0.15) is 0 Å². The van der Waals surface area contributed by atoms with Crippen molar-refractivity contribution < 1.29 is 14.7 Å². The number of carbonyl (C=O) groups is 2. The maximum atomic E-state index is 11.4. The Balaban J connectivity index is 0.000000186. The van der Waals surface area contributed by atoms with E-state index in [0.29, 0.717) is 0 Å². The number of aliphatic carboxylic acids is 1. The zero-order valence-corrected chi connectivity index (χ0v) is 20.7. The van der Waals surface area contributed by atoms with E-state index in [0.717, 1.165) is 26.2 Å². The Kier molecular flexibility index (Phi) is 8.76. The van der Waals surface area contributed by atoms with Crippen LogP contribution in [0.25, 0.3) is 0 Å². The monoisotopic (exact) mass is 519 g/mol. The van der Waals surface area contributed by atoms with Crippen molar-refractivity contribution in [3.05, 3.63) is 71.8 Å². The topological polar surface area (TPSA) is 81.7 Å². The zero-order chi connectivity index (χ0) is 23.1. The van der Waals surface area contributed by atoms with Gasteiger partial charge in [-0.3, -0.25) is 4.79 Å². The number of alkyl halides is 1. The molecule has 0 unspecified atom stereocenters. The Bertz CT molecular complexity index is 854. The fourth-order valence-corrected chi connectivity index (χ4v) is 6.16. The molecule has 0 bridgehead atoms. The van der Waals surface area contributed by atoms with E-state index in [1.165, 1.54) is 16.0 Å². The molecule has 0 radical (unpaired) electrons. The summed E-state index contributed by atoms with van der Waals surface area (Å²) >= 11 is 4.80. The Morgan fingerprint density at radius 2 is 1.47 bits per heavy atom. The second-order valence-electron chi connectivity index (χ2n) is 8.32. The number of carboxylic acids is 1. The number of fused-ring (bicyclic) bond motifs is 1. The predicted molar refractivity (Wildman–Crippen MR) is 133 cm³/mol. The SMILES string of the molecule is CC1(C)S[C@@H]2[C@@H](Br)C(=O)N2[C@H]1C(=O)O.c1ccc(CNCCNCc2ccccc2)cc1. The molecular formula is C24H30BrN3O3S. The molecule has 2 aromatic carbocycles. The highest BCUT2D eigenvalue weighted by Gasteiger charge is 2.63. The van der Waals surface area contributed by atoms with Gasteiger partial charge >= 0.3 is 5.97 Å². The average molecular weight is 520 g/mol. The van der Waals surface area contributed by atoms with E-state index in [9.17, 15) is 9.59 Å². The van der Waals surface area contributed by atoms with Crippen LogP contribution in [0.3, 0.4) is 0 Å². The second kappa shape index (κ2) is 11.3. The fourth-order valence-electron chi connectivity index (χ4n) is 3.80. The summed E-state index contributed by atoms with van der Waals surface area (Å²) in [6.07, 6.45) is 0. The number of amides is 1. The number of carboxylic acid groups (broad SMARTS) is 1. The number of rotatable bonds is 8. The number of hydrogen-bond donors (Lipinski definition) is 3. The van der Waals surface area contributed by atoms with E-state index in [4.69, 9.17) is 5.11 Å². The average Bonchev–Trinajstić information content (AvgIpc) is 3.06. The lowest BCUT2D eigenvalue weighted by molar-refractivity contribution is -0.156. The molecule has 0 aromatic heterocycles. The summed E-state index contributed by atoms with van der Waals surface area (Å²) in [5.41, 5.74) is 2.67. The number of halogens is 1. The molecule has 2 saturated heterocycles. The van der Waals surface area contributed by atoms with E-state index in [1.54, 1.807) is 11.8 Å². The van der Waals surface area contributed by atoms with Crippen molar-refractivity contribution in [1.29, 1.82) is 0 Å². The Labute approximate surface area is 202 Å². The highest BCUT2D eigenvalue weighted by Crippen LogP contribution is 2.52. The summed E-state index contributed by atoms with van der Waals surface area (Å²) < 4.78 is -0.408. The van der Waals surface area contributed by atoms with Crippen LogP contribution < -0.4 is 10.6 Å². The maximum Gasteiger partial charge on any atom is 0.327 e. The summed E-state index contributed by atoms with van der Waals surface area (Å²) in [4.78, 5) is 23.7. The van der Waals surface area contributed by atoms with Gasteiger partial charge in [0.05, 0.1) is 0 Å². The van der Waals surface area contributed by atoms with Crippen molar-refractivity contribution in [2.24, 2.45) is 0 Å². The van der Waals surface area contributed by atoms with Gasteiger partial charge in [-0.25, -0.2) is 4.79 Å². The smallest absolute Gasteiger partial charge is 0.327 e. The molecule has 32 heavy (non-hydrogen) atoms. The number of thioether (sulfide) groups is 1. The predicted octanol–water partition coefficient (Wildman–Crippen LogP) is 3.46. The Morgan fingerprint density at radius 3 is 1.91 bits per heavy atom. The Hall–Kier alpha value is -1.87. The number of benzene rings is 2. The lowest BCUT2D eigenvalue weighted by Gasteiger charge is -2.40. The molecule has 172 valence electrons. The zero-order valence-electron chi connectivity index (χ0n) is 18.3. The second-order valence-corrected chi connectivity index (χ2v) is 11.1. The van der Waals surface area contributed by atoms with Crippen molar-refractivity contribution in [3.63, 3.8) is 0 Å². The minimum absolute atomic E-state index is 0.0152. The van der Waals surface area contributed by atoms with Crippen LogP contribution in [0.15, 0.2) is 60.7 Å². The van der Waals surface area contributed by atoms with Crippen molar-refractivity contribution in [3.8, 4) is 0 Å². The van der Waals surface area contributed by atoms with Gasteiger partial charge in [-0.05, 0) is 25.0 Å². The van der Waals surface area contributed by atoms with Crippen molar-refractivity contribution in [2.75, 3.05) is 13.1 Å². The van der Waals surface area contributed by atoms with E-state index in [-0.39, 0.29) is 16.1 Å². The summed E-state index contributed by atoms with van der Waals surface area (Å²) in [6, 6.07) is 20.3. The van der Waals surface area contributed by atoms with Crippen LogP contribution in [0.5, 0.6) is 0 Å². The van der Waals surface area contributed by atoms with Crippen LogP contribution in [-0.4, -0.2) is 56.0 Å². The van der Waals surface area contributed by atoms with Gasteiger partial charge in [0, 0.05) is 30.9 Å². The molecule has 0 spiro atoms. The molecule has 2 fully saturated rings. The van der Waals surface area contributed by atoms with Gasteiger partial charge in [0.25, 0.3) is 0 Å². The molecule has 2 aliphatic rings. The molecule has 2 aromatic rings. The highest BCUT2D eigenvalue weighted by atomic mass is 79.9. The van der Waals surface area contributed by atoms with E-state index in [2.05, 4.69) is 75.1 Å². The summed E-state index contributed by atoms with van der Waals surface area (Å²) in [5.74, 6) is -1.03. The van der Waals surface area contributed by atoms with Gasteiger partial charge < -0.3 is 20.6 Å². The Morgan fingerprint density at radius 1 is 1.00 bits per heavy atom. The third-order valence-corrected chi connectivity index (χ3v) is 8.25. The molecule has 2 heterocycles. The maximum absolute atomic E-state index is 11.4. The van der Waals surface area contributed by atoms with Crippen LogP contribution in [0, 0.1) is 0 Å². The molecule has 3 atom stereocenters. The molecular weight excluding hydrogens is 490 g/mol. The van der Waals surface area contributed by atoms with Crippen LogP contribution in [0.4, 0.5) is 0 Å². The molecule has 2 aliphatic heterocycles. The number of nitrogens with zero attached hydrogens (tertiary/aromatic N) is 1. The molecule has 6 nitrogen and oxygen atoms in total. The van der Waals surface area contributed by atoms with Gasteiger partial charge in [0.1, 0.15) is 16.2 Å². The molecule has 4 rings (SSSR count). The van der Waals surface area contributed by atoms with Gasteiger partial charge in [0.2, 0.25) is 5.91 Å². The highest BCUT2D eigenvalue weighted by molar-refractivity contribution is 9.10. The minimum Gasteiger partial charge on any atom is -0.480 e. The number of nitrogens with one attached hydrogen (secondary N) is 2. The lowest BCUT2D eigenvalue weighted by atomic mass is 9.98. The van der Waals surface area contributed by atoms with E-state index < -0.39 is 16.8 Å². The first-order chi connectivity index (χ1) is 15.3. The van der Waals surface area contributed by atoms with Gasteiger partial charge in [0.15, 0.2) is 0 Å². The van der Waals surface area contributed by atoms with Crippen molar-refractivity contribution in [2.45, 2.75) is 47.9 Å². The standard InChI is InChI=1S/C16H20N2.C8H10BrNO3S/c1-3-7-15(8-4-1)13-17-11-12-18-14-16-9-5-2-6-10-16;1-8(2)4(7(12)13)10-5(11)3(9)6(10)14-8/h1-10,17-18H,11-14H2;3-4,6H,1-2H3,(H,12,13)/t;3-,4-,6+/m.0/s1. The third kappa shape index (κ3) is 6.13. The van der Waals surface area contributed by atoms with Crippen molar-refractivity contribution in [1.82, 2.24) is 15.5 Å². The van der Waals surface area contributed by atoms with E-state index >= 15 is 0 Å². The fraction of sp³-hybridized carbons (Fsp3) is 0.417. The molecule has 3 N–H and O–H groups in total. The van der Waals surface area contributed by atoms with Gasteiger partial charge in [-0.1, -0.05) is 76.6 Å². The van der Waals surface area contributed by atoms with Gasteiger partial charge in [-0.15, -0.1) is 11.8 Å². The normalized spacial score (nSPS) is 23.0. The third-order valence-electron chi connectivity index (χ3n) is 5.43. The van der Waals surface area contributed by atoms with E-state index in [1.807, 2.05) is 26.0 Å². The van der Waals surface area contributed by atoms with Crippen molar-refractivity contribution >= 4 is 39.6 Å². The minimum atomic E-state index is -0.919. The summed E-state index contributed by atoms with van der Waals surface area (Å²) in [6.45, 7) is 7.58. The first-order valence-corrected chi connectivity index (χ1v) is 12.5. The first kappa shape index (κ1) is 24.8. The van der Waals surface area contributed by atoms with Crippen LogP contribution in [0.2, 0.25) is 0 Å². The number of β-lactam (4-membered cyclic amide) rings is 1. The molecule has 8 heteroatoms. The summed E-state index contributed by atoms with van der Waals surface area (Å²) in [7, 11) is 0. The lowest BCUT2D eigenvalue weighted by Crippen LogP contribution is -2.63. The number of hydrogen-bond acceptors (Lipinski definition) is 5.